The van der Waals surface area contributed by atoms with Gasteiger partial charge in [0.15, 0.2) is 0 Å². The van der Waals surface area contributed by atoms with Gasteiger partial charge in [-0.15, -0.1) is 11.3 Å². The van der Waals surface area contributed by atoms with Gasteiger partial charge in [-0.25, -0.2) is 4.79 Å². The summed E-state index contributed by atoms with van der Waals surface area (Å²) < 4.78 is 6.77. The number of esters is 1. The summed E-state index contributed by atoms with van der Waals surface area (Å²) in [7, 11) is 1.28. The molecule has 1 rings (SSSR count). The zero-order chi connectivity index (χ0) is 13.2. The third-order valence-electron chi connectivity index (χ3n) is 1.86. The molecular weight excluding hydrogens is 442 g/mol. The zero-order valence-corrected chi connectivity index (χ0v) is 14.4. The topological polar surface area (TPSA) is 55.4 Å². The van der Waals surface area contributed by atoms with Crippen LogP contribution in [0.2, 0.25) is 0 Å². The predicted molar refractivity (Wildman–Crippen MR) is 76.4 cm³/mol. The first-order valence-corrected chi connectivity index (χ1v) is 7.60. The van der Waals surface area contributed by atoms with E-state index in [1.165, 1.54) is 18.4 Å². The molecule has 0 fully saturated rings. The molecule has 0 unspecified atom stereocenters. The molecule has 1 atom stereocenters. The molecule has 0 bridgehead atoms. The molecule has 0 saturated heterocycles. The second-order valence-corrected chi connectivity index (χ2v) is 6.98. The van der Waals surface area contributed by atoms with Gasteiger partial charge < -0.3 is 10.1 Å². The molecular formula is C9H8Br3NO3S. The van der Waals surface area contributed by atoms with E-state index >= 15 is 0 Å². The number of hydrogen-bond donors (Lipinski definition) is 1. The van der Waals surface area contributed by atoms with Gasteiger partial charge in [-0.05, 0) is 54.7 Å². The van der Waals surface area contributed by atoms with Crippen molar-refractivity contribution < 1.29 is 14.3 Å². The maximum atomic E-state index is 11.9. The molecule has 1 N–H and O–H groups in total. The number of ether oxygens (including phenoxy) is 1. The van der Waals surface area contributed by atoms with E-state index in [9.17, 15) is 9.59 Å². The van der Waals surface area contributed by atoms with Gasteiger partial charge in [-0.1, -0.05) is 0 Å². The van der Waals surface area contributed by atoms with Crippen LogP contribution >= 0.6 is 59.1 Å². The normalized spacial score (nSPS) is 12.1. The largest absolute Gasteiger partial charge is 0.467 e. The second kappa shape index (κ2) is 6.31. The van der Waals surface area contributed by atoms with Crippen molar-refractivity contribution in [1.82, 2.24) is 5.32 Å². The fourth-order valence-electron chi connectivity index (χ4n) is 1.01. The Kier molecular flexibility index (Phi) is 5.62. The van der Waals surface area contributed by atoms with Crippen molar-refractivity contribution >= 4 is 71.0 Å². The molecule has 0 aliphatic rings. The van der Waals surface area contributed by atoms with Crippen LogP contribution in [0, 0.1) is 0 Å². The minimum absolute atomic E-state index is 0.328. The molecule has 0 aliphatic carbocycles. The number of methoxy groups -OCH3 is 1. The molecule has 8 heteroatoms. The van der Waals surface area contributed by atoms with E-state index in [1.54, 1.807) is 6.92 Å². The van der Waals surface area contributed by atoms with Gasteiger partial charge in [0, 0.05) is 0 Å². The van der Waals surface area contributed by atoms with Crippen LogP contribution in [0.25, 0.3) is 0 Å². The number of amides is 1. The maximum Gasteiger partial charge on any atom is 0.328 e. The molecule has 0 spiro atoms. The van der Waals surface area contributed by atoms with Crippen LogP contribution < -0.4 is 5.32 Å². The minimum atomic E-state index is -0.681. The Bertz CT molecular complexity index is 461. The van der Waals surface area contributed by atoms with Crippen molar-refractivity contribution in [3.05, 3.63) is 17.6 Å². The number of halogens is 3. The maximum absolute atomic E-state index is 11.9. The average Bonchev–Trinajstić information content (AvgIpc) is 2.55. The molecule has 17 heavy (non-hydrogen) atoms. The van der Waals surface area contributed by atoms with E-state index in [1.807, 2.05) is 0 Å². The van der Waals surface area contributed by atoms with Gasteiger partial charge in [0.05, 0.1) is 19.8 Å². The zero-order valence-electron chi connectivity index (χ0n) is 8.84. The molecule has 1 aromatic heterocycles. The number of rotatable bonds is 3. The fourth-order valence-corrected chi connectivity index (χ4v) is 4.00. The van der Waals surface area contributed by atoms with Crippen LogP contribution in [0.15, 0.2) is 12.7 Å². The van der Waals surface area contributed by atoms with E-state index in [4.69, 9.17) is 0 Å². The van der Waals surface area contributed by atoms with Crippen LogP contribution in [-0.4, -0.2) is 25.0 Å². The molecule has 1 amide bonds. The Balaban J connectivity index is 2.84. The Morgan fingerprint density at radius 3 is 2.29 bits per heavy atom. The van der Waals surface area contributed by atoms with E-state index < -0.39 is 12.0 Å². The Morgan fingerprint density at radius 2 is 1.88 bits per heavy atom. The molecule has 0 saturated carbocycles. The van der Waals surface area contributed by atoms with Gasteiger partial charge in [0.1, 0.15) is 10.9 Å². The number of carbonyl (C=O) groups is 2. The summed E-state index contributed by atoms with van der Waals surface area (Å²) in [4.78, 5) is 23.5. The van der Waals surface area contributed by atoms with Gasteiger partial charge in [-0.2, -0.15) is 0 Å². The van der Waals surface area contributed by atoms with Crippen LogP contribution in [0.3, 0.4) is 0 Å². The Hall–Kier alpha value is 0.0800. The molecule has 0 aliphatic heterocycles. The summed E-state index contributed by atoms with van der Waals surface area (Å²) in [5.41, 5.74) is 0. The number of hydrogen-bond acceptors (Lipinski definition) is 4. The Labute approximate surface area is 127 Å². The highest BCUT2D eigenvalue weighted by atomic mass is 79.9. The first kappa shape index (κ1) is 15.1. The van der Waals surface area contributed by atoms with E-state index in [0.717, 1.165) is 8.26 Å². The average molecular weight is 450 g/mol. The highest BCUT2D eigenvalue weighted by molar-refractivity contribution is 9.14. The Morgan fingerprint density at radius 1 is 1.29 bits per heavy atom. The van der Waals surface area contributed by atoms with Gasteiger partial charge >= 0.3 is 5.97 Å². The fraction of sp³-hybridized carbons (Fsp3) is 0.333. The summed E-state index contributed by atoms with van der Waals surface area (Å²) in [6, 6.07) is -0.681. The third kappa shape index (κ3) is 3.52. The lowest BCUT2D eigenvalue weighted by Gasteiger charge is -2.10. The number of thiophene rings is 1. The van der Waals surface area contributed by atoms with Crippen LogP contribution in [0.5, 0.6) is 0 Å². The standard InChI is InChI=1S/C9H8Br3NO3S/c1-3(9(15)16-2)13-8(14)6-4(10)5(11)7(12)17-6/h3H,1-2H3,(H,13,14)/t3-/m0/s1. The lowest BCUT2D eigenvalue weighted by molar-refractivity contribution is -0.142. The molecule has 4 nitrogen and oxygen atoms in total. The van der Waals surface area contributed by atoms with Crippen molar-refractivity contribution in [3.63, 3.8) is 0 Å². The summed E-state index contributed by atoms with van der Waals surface area (Å²) in [5, 5.41) is 2.55. The summed E-state index contributed by atoms with van der Waals surface area (Å²) >= 11 is 11.2. The highest BCUT2D eigenvalue weighted by Gasteiger charge is 2.22. The molecule has 1 aromatic rings. The van der Waals surface area contributed by atoms with Crippen molar-refractivity contribution in [2.24, 2.45) is 0 Å². The van der Waals surface area contributed by atoms with Crippen molar-refractivity contribution in [1.29, 1.82) is 0 Å². The van der Waals surface area contributed by atoms with Crippen molar-refractivity contribution in [2.75, 3.05) is 7.11 Å². The van der Waals surface area contributed by atoms with Gasteiger partial charge in [0.2, 0.25) is 0 Å². The third-order valence-corrected chi connectivity index (χ3v) is 6.90. The molecule has 1 heterocycles. The SMILES string of the molecule is COC(=O)[C@H](C)NC(=O)c1sc(Br)c(Br)c1Br. The predicted octanol–water partition coefficient (Wildman–Crippen LogP) is 3.33. The van der Waals surface area contributed by atoms with Crippen LogP contribution in [-0.2, 0) is 9.53 Å². The summed E-state index contributed by atoms with van der Waals surface area (Å²) in [6.07, 6.45) is 0. The molecule has 0 radical (unpaired) electrons. The highest BCUT2D eigenvalue weighted by Crippen LogP contribution is 2.40. The minimum Gasteiger partial charge on any atom is -0.467 e. The summed E-state index contributed by atoms with van der Waals surface area (Å²) in [6.45, 7) is 1.56. The first-order valence-electron chi connectivity index (χ1n) is 4.40. The summed E-state index contributed by atoms with van der Waals surface area (Å²) in [5.74, 6) is -0.810. The van der Waals surface area contributed by atoms with E-state index in [-0.39, 0.29) is 5.91 Å². The lowest BCUT2D eigenvalue weighted by Crippen LogP contribution is -2.38. The number of nitrogens with one attached hydrogen (secondary N) is 1. The van der Waals surface area contributed by atoms with Gasteiger partial charge in [-0.3, -0.25) is 4.79 Å². The number of carbonyl (C=O) groups excluding carboxylic acids is 2. The van der Waals surface area contributed by atoms with Crippen LogP contribution in [0.1, 0.15) is 16.6 Å². The van der Waals surface area contributed by atoms with Crippen molar-refractivity contribution in [3.8, 4) is 0 Å². The molecule has 0 aromatic carbocycles. The quantitative estimate of drug-likeness (QED) is 0.720. The first-order chi connectivity index (χ1) is 7.88. The van der Waals surface area contributed by atoms with E-state index in [0.29, 0.717) is 9.35 Å². The monoisotopic (exact) mass is 447 g/mol. The second-order valence-electron chi connectivity index (χ2n) is 3.05. The smallest absolute Gasteiger partial charge is 0.328 e. The van der Waals surface area contributed by atoms with E-state index in [2.05, 4.69) is 57.8 Å². The van der Waals surface area contributed by atoms with Crippen LogP contribution in [0.4, 0.5) is 0 Å². The van der Waals surface area contributed by atoms with Crippen molar-refractivity contribution in [2.45, 2.75) is 13.0 Å². The lowest BCUT2D eigenvalue weighted by atomic mass is 10.3. The molecule has 94 valence electrons. The van der Waals surface area contributed by atoms with Gasteiger partial charge in [0.25, 0.3) is 5.91 Å².